The Balaban J connectivity index is 4.23. The van der Waals surface area contributed by atoms with Crippen LogP contribution in [0.15, 0.2) is 0 Å². The maximum Gasteiger partial charge on any atom is 0.323 e. The maximum absolute atomic E-state index is 10.1. The lowest BCUT2D eigenvalue weighted by atomic mass is 10.5. The molecule has 0 unspecified atom stereocenters. The number of carboxylic acids is 1. The van der Waals surface area contributed by atoms with Crippen molar-refractivity contribution in [2.24, 2.45) is 11.5 Å². The first-order valence-electron chi connectivity index (χ1n) is 2.62. The molecule has 0 radical (unpaired) electrons. The number of aliphatic carboxylic acids is 1. The summed E-state index contributed by atoms with van der Waals surface area (Å²) >= 11 is 0. The molecule has 0 bridgehead atoms. The lowest BCUT2D eigenvalue weighted by molar-refractivity contribution is -0.136. The highest BCUT2D eigenvalue weighted by Gasteiger charge is 2.12. The Labute approximate surface area is 62.6 Å². The predicted molar refractivity (Wildman–Crippen MR) is 38.2 cm³/mol. The molecule has 7 heteroatoms. The Morgan fingerprint density at radius 2 is 1.73 bits per heavy atom. The fourth-order valence-corrected chi connectivity index (χ4v) is 0.435. The second-order valence-corrected chi connectivity index (χ2v) is 1.75. The molecule has 0 aromatic rings. The number of rotatable bonds is 2. The van der Waals surface area contributed by atoms with Gasteiger partial charge in [0.1, 0.15) is 6.54 Å². The van der Waals surface area contributed by atoms with E-state index in [1.807, 2.05) is 0 Å². The van der Waals surface area contributed by atoms with E-state index in [0.717, 1.165) is 0 Å². The lowest BCUT2D eigenvalue weighted by Crippen LogP contribution is -2.47. The molecule has 0 aliphatic carbocycles. The minimum Gasteiger partial charge on any atom is -0.480 e. The van der Waals surface area contributed by atoms with E-state index < -0.39 is 24.4 Å². The van der Waals surface area contributed by atoms with Gasteiger partial charge in [0.05, 0.1) is 0 Å². The molecule has 0 aliphatic heterocycles. The molecular formula is C4H9N5O2. The summed E-state index contributed by atoms with van der Waals surface area (Å²) in [7, 11) is 0. The summed E-state index contributed by atoms with van der Waals surface area (Å²) in [4.78, 5) is 10.7. The summed E-state index contributed by atoms with van der Waals surface area (Å²) in [5, 5.41) is 21.8. The molecular weight excluding hydrogens is 150 g/mol. The van der Waals surface area contributed by atoms with Crippen molar-refractivity contribution in [3.8, 4) is 0 Å². The summed E-state index contributed by atoms with van der Waals surface area (Å²) in [6, 6.07) is 0. The van der Waals surface area contributed by atoms with Gasteiger partial charge in [0, 0.05) is 0 Å². The van der Waals surface area contributed by atoms with Gasteiger partial charge in [-0.15, -0.1) is 0 Å². The topological polar surface area (TPSA) is 140 Å². The smallest absolute Gasteiger partial charge is 0.323 e. The van der Waals surface area contributed by atoms with Crippen LogP contribution in [0.25, 0.3) is 0 Å². The molecule has 0 aromatic heterocycles. The number of hydrogen-bond donors (Lipinski definition) is 5. The average molecular weight is 159 g/mol. The summed E-state index contributed by atoms with van der Waals surface area (Å²) in [6.45, 7) is -0.565. The van der Waals surface area contributed by atoms with E-state index in [2.05, 4.69) is 0 Å². The molecule has 0 atom stereocenters. The number of nitrogens with one attached hydrogen (secondary N) is 2. The van der Waals surface area contributed by atoms with Crippen LogP contribution in [0, 0.1) is 10.8 Å². The minimum absolute atomic E-state index is 0.556. The van der Waals surface area contributed by atoms with Crippen LogP contribution >= 0.6 is 0 Å². The van der Waals surface area contributed by atoms with Crippen molar-refractivity contribution in [1.29, 1.82) is 10.8 Å². The Morgan fingerprint density at radius 3 is 1.82 bits per heavy atom. The van der Waals surface area contributed by atoms with Gasteiger partial charge in [-0.2, -0.15) is 0 Å². The first-order chi connectivity index (χ1) is 4.95. The third kappa shape index (κ3) is 3.04. The van der Waals surface area contributed by atoms with Crippen LogP contribution in [0.4, 0.5) is 0 Å². The minimum atomic E-state index is -1.20. The standard InChI is InChI=1S/C4H9N5O2/c5-3(6)9(4(7)8)1-2(10)11/h1H2,(H3,5,6)(H3,7,8)(H,10,11). The highest BCUT2D eigenvalue weighted by molar-refractivity contribution is 5.96. The third-order valence-corrected chi connectivity index (χ3v) is 0.875. The molecule has 0 aromatic carbocycles. The van der Waals surface area contributed by atoms with Crippen molar-refractivity contribution >= 4 is 17.9 Å². The van der Waals surface area contributed by atoms with Gasteiger partial charge in [0.2, 0.25) is 0 Å². The number of nitrogens with zero attached hydrogens (tertiary/aromatic N) is 1. The Bertz CT molecular complexity index is 187. The Morgan fingerprint density at radius 1 is 1.36 bits per heavy atom. The van der Waals surface area contributed by atoms with Gasteiger partial charge in [0.15, 0.2) is 11.9 Å². The molecule has 11 heavy (non-hydrogen) atoms. The zero-order valence-electron chi connectivity index (χ0n) is 5.66. The van der Waals surface area contributed by atoms with Gasteiger partial charge in [-0.1, -0.05) is 0 Å². The monoisotopic (exact) mass is 159 g/mol. The molecule has 0 rings (SSSR count). The van der Waals surface area contributed by atoms with Crippen LogP contribution in [-0.2, 0) is 4.79 Å². The van der Waals surface area contributed by atoms with E-state index in [1.165, 1.54) is 0 Å². The zero-order chi connectivity index (χ0) is 9.02. The summed E-state index contributed by atoms with van der Waals surface area (Å²) in [5.74, 6) is -2.31. The van der Waals surface area contributed by atoms with Gasteiger partial charge in [-0.3, -0.25) is 20.5 Å². The molecule has 62 valence electrons. The first kappa shape index (κ1) is 9.21. The van der Waals surface area contributed by atoms with Gasteiger partial charge in [0.25, 0.3) is 0 Å². The molecule has 7 N–H and O–H groups in total. The van der Waals surface area contributed by atoms with E-state index in [4.69, 9.17) is 27.4 Å². The molecule has 0 amide bonds. The summed E-state index contributed by atoms with van der Waals surface area (Å²) < 4.78 is 0. The maximum atomic E-state index is 10.1. The second kappa shape index (κ2) is 3.40. The molecule has 0 saturated heterocycles. The van der Waals surface area contributed by atoms with Crippen molar-refractivity contribution in [3.05, 3.63) is 0 Å². The van der Waals surface area contributed by atoms with E-state index in [9.17, 15) is 4.79 Å². The van der Waals surface area contributed by atoms with Crippen molar-refractivity contribution in [2.45, 2.75) is 0 Å². The van der Waals surface area contributed by atoms with E-state index in [1.54, 1.807) is 0 Å². The van der Waals surface area contributed by atoms with Crippen LogP contribution in [0.2, 0.25) is 0 Å². The Kier molecular flexibility index (Phi) is 2.84. The fourth-order valence-electron chi connectivity index (χ4n) is 0.435. The van der Waals surface area contributed by atoms with E-state index in [0.29, 0.717) is 4.90 Å². The van der Waals surface area contributed by atoms with Crippen LogP contribution in [0.1, 0.15) is 0 Å². The molecule has 0 fully saturated rings. The van der Waals surface area contributed by atoms with Gasteiger partial charge < -0.3 is 16.6 Å². The highest BCUT2D eigenvalue weighted by Crippen LogP contribution is 1.83. The Hall–Kier alpha value is -1.79. The highest BCUT2D eigenvalue weighted by atomic mass is 16.4. The van der Waals surface area contributed by atoms with Crippen molar-refractivity contribution in [2.75, 3.05) is 6.54 Å². The van der Waals surface area contributed by atoms with Crippen LogP contribution < -0.4 is 11.5 Å². The summed E-state index contributed by atoms with van der Waals surface area (Å²) in [6.07, 6.45) is 0. The predicted octanol–water partition coefficient (Wildman–Crippen LogP) is -1.84. The number of hydrogen-bond acceptors (Lipinski definition) is 3. The van der Waals surface area contributed by atoms with Crippen molar-refractivity contribution < 1.29 is 9.90 Å². The quantitative estimate of drug-likeness (QED) is 0.238. The molecule has 0 aliphatic rings. The van der Waals surface area contributed by atoms with Gasteiger partial charge in [-0.05, 0) is 0 Å². The van der Waals surface area contributed by atoms with Gasteiger partial charge >= 0.3 is 5.97 Å². The van der Waals surface area contributed by atoms with Gasteiger partial charge in [-0.25, -0.2) is 0 Å². The van der Waals surface area contributed by atoms with Crippen LogP contribution in [-0.4, -0.2) is 34.4 Å². The summed E-state index contributed by atoms with van der Waals surface area (Å²) in [5.41, 5.74) is 9.82. The SMILES string of the molecule is N=C(N)N(CC(=O)O)C(=N)N. The number of carboxylic acid groups (broad SMARTS) is 1. The molecule has 0 saturated carbocycles. The number of carbonyl (C=O) groups is 1. The number of nitrogens with two attached hydrogens (primary N) is 2. The van der Waals surface area contributed by atoms with Crippen LogP contribution in [0.3, 0.4) is 0 Å². The normalized spacial score (nSPS) is 8.73. The first-order valence-corrected chi connectivity index (χ1v) is 2.62. The van der Waals surface area contributed by atoms with Crippen molar-refractivity contribution in [1.82, 2.24) is 4.90 Å². The zero-order valence-corrected chi connectivity index (χ0v) is 5.66. The number of guanidine groups is 2. The second-order valence-electron chi connectivity index (χ2n) is 1.75. The molecule has 0 spiro atoms. The van der Waals surface area contributed by atoms with Crippen LogP contribution in [0.5, 0.6) is 0 Å². The molecule has 0 heterocycles. The third-order valence-electron chi connectivity index (χ3n) is 0.875. The van der Waals surface area contributed by atoms with E-state index in [-0.39, 0.29) is 0 Å². The average Bonchev–Trinajstić information content (AvgIpc) is 1.81. The van der Waals surface area contributed by atoms with Crippen molar-refractivity contribution in [3.63, 3.8) is 0 Å². The molecule has 7 nitrogen and oxygen atoms in total. The lowest BCUT2D eigenvalue weighted by Gasteiger charge is -2.16. The largest absolute Gasteiger partial charge is 0.480 e. The fraction of sp³-hybridized carbons (Fsp3) is 0.250. The van der Waals surface area contributed by atoms with E-state index >= 15 is 0 Å².